The van der Waals surface area contributed by atoms with Gasteiger partial charge in [-0.15, -0.1) is 0 Å². The maximum Gasteiger partial charge on any atom is 0.294 e. The maximum absolute atomic E-state index is 11.5. The Morgan fingerprint density at radius 2 is 1.09 bits per heavy atom. The van der Waals surface area contributed by atoms with Gasteiger partial charge in [0.15, 0.2) is 0 Å². The smallest absolute Gasteiger partial charge is 0.294 e. The van der Waals surface area contributed by atoms with Crippen LogP contribution in [0, 0.1) is 0 Å². The zero-order valence-corrected chi connectivity index (χ0v) is 18.5. The summed E-state index contributed by atoms with van der Waals surface area (Å²) >= 11 is 0. The second kappa shape index (κ2) is 7.65. The number of nitrogens with zero attached hydrogens (tertiary/aromatic N) is 2. The summed E-state index contributed by atoms with van der Waals surface area (Å²) in [5.41, 5.74) is 8.28. The molecule has 0 aliphatic carbocycles. The number of H-pyrrole nitrogens is 2. The van der Waals surface area contributed by atoms with Crippen molar-refractivity contribution in [3.8, 4) is 11.1 Å². The van der Waals surface area contributed by atoms with Crippen LogP contribution in [-0.4, -0.2) is 32.9 Å². The highest BCUT2D eigenvalue weighted by Crippen LogP contribution is 2.31. The van der Waals surface area contributed by atoms with Gasteiger partial charge >= 0.3 is 0 Å². The number of nitrogens with one attached hydrogen (secondary N) is 2. The fourth-order valence-corrected chi connectivity index (χ4v) is 4.58. The number of aromatic nitrogens is 4. The standard InChI is InChI=1S/C26H18N4O3S/c31-34(32,33)23-9-1-16(2-10-23)26-24-11-7-21(29-24)14-19-5-3-17(27-19)13-18-4-6-20(28-18)15-22-8-12-25(26)30-22/h1-15,27-28H,(H,31,32,33). The Kier molecular flexibility index (Phi) is 4.58. The van der Waals surface area contributed by atoms with Crippen LogP contribution < -0.4 is 0 Å². The number of hydrogen-bond donors (Lipinski definition) is 3. The van der Waals surface area contributed by atoms with Crippen LogP contribution in [0.2, 0.25) is 0 Å². The minimum Gasteiger partial charge on any atom is -0.355 e. The molecule has 3 N–H and O–H groups in total. The molecule has 3 aromatic heterocycles. The number of rotatable bonds is 2. The summed E-state index contributed by atoms with van der Waals surface area (Å²) in [4.78, 5) is 16.2. The Hall–Kier alpha value is -4.27. The molecule has 0 fully saturated rings. The molecular formula is C26H18N4O3S. The van der Waals surface area contributed by atoms with E-state index in [4.69, 9.17) is 9.97 Å². The highest BCUT2D eigenvalue weighted by Gasteiger charge is 2.16. The van der Waals surface area contributed by atoms with Gasteiger partial charge in [0.2, 0.25) is 0 Å². The lowest BCUT2D eigenvalue weighted by Gasteiger charge is -2.06. The average molecular weight is 467 g/mol. The third-order valence-electron chi connectivity index (χ3n) is 5.66. The van der Waals surface area contributed by atoms with E-state index < -0.39 is 10.1 Å². The Morgan fingerprint density at radius 3 is 1.56 bits per heavy atom. The predicted molar refractivity (Wildman–Crippen MR) is 134 cm³/mol. The molecule has 0 amide bonds. The summed E-state index contributed by atoms with van der Waals surface area (Å²) in [5, 5.41) is 0. The van der Waals surface area contributed by atoms with Crippen LogP contribution in [0.15, 0.2) is 71.6 Å². The summed E-state index contributed by atoms with van der Waals surface area (Å²) in [6, 6.07) is 20.0. The van der Waals surface area contributed by atoms with Gasteiger partial charge in [0.05, 0.1) is 27.7 Å². The third-order valence-corrected chi connectivity index (χ3v) is 6.52. The molecule has 5 heterocycles. The first-order chi connectivity index (χ1) is 16.4. The first-order valence-electron chi connectivity index (χ1n) is 10.6. The molecule has 7 nitrogen and oxygen atoms in total. The first-order valence-corrected chi connectivity index (χ1v) is 12.0. The van der Waals surface area contributed by atoms with Crippen LogP contribution in [0.25, 0.3) is 57.5 Å². The Morgan fingerprint density at radius 1 is 0.618 bits per heavy atom. The molecule has 0 saturated heterocycles. The van der Waals surface area contributed by atoms with E-state index in [1.165, 1.54) is 12.1 Å². The van der Waals surface area contributed by atoms with Crippen LogP contribution in [-0.2, 0) is 10.1 Å². The zero-order chi connectivity index (χ0) is 23.3. The fraction of sp³-hybridized carbons (Fsp3) is 0. The molecule has 34 heavy (non-hydrogen) atoms. The summed E-state index contributed by atoms with van der Waals surface area (Å²) < 4.78 is 32.3. The van der Waals surface area contributed by atoms with Crippen molar-refractivity contribution < 1.29 is 13.0 Å². The number of fused-ring (bicyclic) bond motifs is 8. The molecule has 166 valence electrons. The maximum atomic E-state index is 11.5. The molecule has 4 aromatic rings. The van der Waals surface area contributed by atoms with Crippen molar-refractivity contribution in [2.24, 2.45) is 0 Å². The van der Waals surface area contributed by atoms with Crippen molar-refractivity contribution >= 4 is 56.5 Å². The number of hydrogen-bond acceptors (Lipinski definition) is 4. The Bertz CT molecular complexity index is 1680. The quantitative estimate of drug-likeness (QED) is 0.289. The van der Waals surface area contributed by atoms with Crippen molar-refractivity contribution in [2.45, 2.75) is 4.90 Å². The molecule has 2 aliphatic rings. The van der Waals surface area contributed by atoms with Gasteiger partial charge in [-0.1, -0.05) is 12.1 Å². The van der Waals surface area contributed by atoms with Crippen molar-refractivity contribution in [1.82, 2.24) is 19.9 Å². The summed E-state index contributed by atoms with van der Waals surface area (Å²) in [7, 11) is -4.28. The molecule has 0 atom stereocenters. The highest BCUT2D eigenvalue weighted by molar-refractivity contribution is 7.85. The largest absolute Gasteiger partial charge is 0.355 e. The van der Waals surface area contributed by atoms with Crippen LogP contribution >= 0.6 is 0 Å². The molecular weight excluding hydrogens is 448 g/mol. The van der Waals surface area contributed by atoms with Crippen LogP contribution in [0.3, 0.4) is 0 Å². The number of benzene rings is 1. The van der Waals surface area contributed by atoms with E-state index in [-0.39, 0.29) is 4.90 Å². The minimum absolute atomic E-state index is 0.166. The van der Waals surface area contributed by atoms with Crippen LogP contribution in [0.1, 0.15) is 22.8 Å². The third kappa shape index (κ3) is 3.85. The van der Waals surface area contributed by atoms with Crippen molar-refractivity contribution in [3.63, 3.8) is 0 Å². The minimum atomic E-state index is -4.28. The molecule has 0 radical (unpaired) electrons. The summed E-state index contributed by atoms with van der Waals surface area (Å²) in [6.07, 6.45) is 7.69. The second-order valence-corrected chi connectivity index (χ2v) is 9.48. The molecule has 2 aliphatic heterocycles. The topological polar surface area (TPSA) is 112 Å². The molecule has 0 spiro atoms. The van der Waals surface area contributed by atoms with Gasteiger partial charge in [0, 0.05) is 27.6 Å². The van der Waals surface area contributed by atoms with E-state index in [1.807, 2.05) is 66.8 Å². The van der Waals surface area contributed by atoms with E-state index in [0.29, 0.717) is 11.4 Å². The number of aromatic amines is 2. The van der Waals surface area contributed by atoms with Crippen LogP contribution in [0.4, 0.5) is 0 Å². The lowest BCUT2D eigenvalue weighted by Crippen LogP contribution is -1.97. The Balaban J connectivity index is 1.66. The van der Waals surface area contributed by atoms with Gasteiger partial charge in [0.1, 0.15) is 0 Å². The molecule has 0 saturated carbocycles. The van der Waals surface area contributed by atoms with Crippen molar-refractivity contribution in [2.75, 3.05) is 0 Å². The van der Waals surface area contributed by atoms with E-state index in [9.17, 15) is 13.0 Å². The Labute approximate surface area is 194 Å². The lowest BCUT2D eigenvalue weighted by atomic mass is 10.0. The molecule has 8 bridgehead atoms. The molecule has 0 unspecified atom stereocenters. The first kappa shape index (κ1) is 20.3. The van der Waals surface area contributed by atoms with Gasteiger partial charge in [-0.25, -0.2) is 9.97 Å². The van der Waals surface area contributed by atoms with Crippen molar-refractivity contribution in [1.29, 1.82) is 0 Å². The van der Waals surface area contributed by atoms with Crippen LogP contribution in [0.5, 0.6) is 0 Å². The molecule has 6 rings (SSSR count). The normalized spacial score (nSPS) is 12.9. The zero-order valence-electron chi connectivity index (χ0n) is 17.7. The van der Waals surface area contributed by atoms with E-state index in [2.05, 4.69) is 9.97 Å². The van der Waals surface area contributed by atoms with E-state index in [0.717, 1.165) is 44.6 Å². The average Bonchev–Trinajstić information content (AvgIpc) is 3.59. The van der Waals surface area contributed by atoms with Gasteiger partial charge in [-0.05, 0) is 84.5 Å². The van der Waals surface area contributed by atoms with E-state index in [1.54, 1.807) is 12.1 Å². The SMILES string of the molecule is O=S(=O)(O)c1ccc(-c2c3nc(cc4ccc(cc5ccc(cc6nc2C=C6)[nH]5)[nH]4)C=C3)cc1. The van der Waals surface area contributed by atoms with E-state index >= 15 is 0 Å². The van der Waals surface area contributed by atoms with Gasteiger partial charge in [-0.2, -0.15) is 8.42 Å². The lowest BCUT2D eigenvalue weighted by molar-refractivity contribution is 0.483. The van der Waals surface area contributed by atoms with Crippen molar-refractivity contribution in [3.05, 3.63) is 89.5 Å². The monoisotopic (exact) mass is 466 g/mol. The summed E-state index contributed by atoms with van der Waals surface area (Å²) in [5.74, 6) is 0. The highest BCUT2D eigenvalue weighted by atomic mass is 32.2. The predicted octanol–water partition coefficient (Wildman–Crippen LogP) is 5.57. The van der Waals surface area contributed by atoms with Gasteiger partial charge in [0.25, 0.3) is 10.1 Å². The fourth-order valence-electron chi connectivity index (χ4n) is 4.10. The second-order valence-electron chi connectivity index (χ2n) is 8.06. The van der Waals surface area contributed by atoms with Gasteiger partial charge < -0.3 is 9.97 Å². The molecule has 8 heteroatoms. The molecule has 1 aromatic carbocycles. The summed E-state index contributed by atoms with van der Waals surface area (Å²) in [6.45, 7) is 0. The van der Waals surface area contributed by atoms with Gasteiger partial charge in [-0.3, -0.25) is 4.55 Å².